The fourth-order valence-electron chi connectivity index (χ4n) is 2.45. The molecule has 1 amide bonds. The zero-order valence-corrected chi connectivity index (χ0v) is 16.3. The van der Waals surface area contributed by atoms with Crippen LogP contribution in [0.15, 0.2) is 58.4 Å². The topological polar surface area (TPSA) is 101 Å². The first-order valence-electron chi connectivity index (χ1n) is 8.31. The Bertz CT molecular complexity index is 1060. The van der Waals surface area contributed by atoms with Gasteiger partial charge in [-0.25, -0.2) is 17.5 Å². The number of hydrogen-bond acceptors (Lipinski definition) is 6. The van der Waals surface area contributed by atoms with Gasteiger partial charge in [0.1, 0.15) is 10.7 Å². The number of hydrogen-bond donors (Lipinski definition) is 2. The number of rotatable bonds is 8. The van der Waals surface area contributed by atoms with E-state index in [-0.39, 0.29) is 25.4 Å². The molecule has 28 heavy (non-hydrogen) atoms. The molecule has 10 heteroatoms. The molecular weight excluding hydrogens is 403 g/mol. The summed E-state index contributed by atoms with van der Waals surface area (Å²) in [6.07, 6.45) is 3.03. The van der Waals surface area contributed by atoms with E-state index in [9.17, 15) is 17.6 Å². The van der Waals surface area contributed by atoms with Crippen LogP contribution in [0.4, 0.5) is 4.39 Å². The van der Waals surface area contributed by atoms with Crippen LogP contribution in [0, 0.1) is 5.82 Å². The first-order valence-corrected chi connectivity index (χ1v) is 10.7. The first-order chi connectivity index (χ1) is 13.5. The molecule has 0 aliphatic heterocycles. The second-order valence-corrected chi connectivity index (χ2v) is 8.23. The molecule has 0 atom stereocenters. The summed E-state index contributed by atoms with van der Waals surface area (Å²) in [5, 5.41) is 6.55. The van der Waals surface area contributed by atoms with Gasteiger partial charge < -0.3 is 5.32 Å². The van der Waals surface area contributed by atoms with E-state index in [2.05, 4.69) is 20.0 Å². The van der Waals surface area contributed by atoms with Crippen molar-refractivity contribution in [3.05, 3.63) is 65.0 Å². The Kier molecular flexibility index (Phi) is 6.45. The molecule has 2 aromatic heterocycles. The van der Waals surface area contributed by atoms with Gasteiger partial charge in [-0.3, -0.25) is 14.8 Å². The molecule has 0 fully saturated rings. The van der Waals surface area contributed by atoms with Crippen LogP contribution in [0.25, 0.3) is 11.3 Å². The average Bonchev–Trinajstić information content (AvgIpc) is 3.21. The Balaban J connectivity index is 1.53. The summed E-state index contributed by atoms with van der Waals surface area (Å²) in [7, 11) is -4.02. The highest BCUT2D eigenvalue weighted by molar-refractivity contribution is 7.89. The van der Waals surface area contributed by atoms with Gasteiger partial charge in [0.2, 0.25) is 15.9 Å². The normalized spacial score (nSPS) is 11.3. The number of sulfonamides is 1. The second-order valence-electron chi connectivity index (χ2n) is 5.72. The number of nitrogens with one attached hydrogen (secondary N) is 2. The van der Waals surface area contributed by atoms with E-state index in [1.54, 1.807) is 12.4 Å². The summed E-state index contributed by atoms with van der Waals surface area (Å²) < 4.78 is 40.0. The molecule has 3 aromatic rings. The van der Waals surface area contributed by atoms with Gasteiger partial charge in [0.25, 0.3) is 0 Å². The number of carbonyl (C=O) groups is 1. The number of halogens is 1. The van der Waals surface area contributed by atoms with Crippen molar-refractivity contribution in [3.63, 3.8) is 0 Å². The van der Waals surface area contributed by atoms with Crippen molar-refractivity contribution in [1.29, 1.82) is 0 Å². The van der Waals surface area contributed by atoms with Crippen molar-refractivity contribution in [1.82, 2.24) is 20.0 Å². The summed E-state index contributed by atoms with van der Waals surface area (Å²) in [6.45, 7) is 0.0122. The number of amides is 1. The van der Waals surface area contributed by atoms with Crippen molar-refractivity contribution in [3.8, 4) is 11.3 Å². The SMILES string of the molecule is O=C(CCNS(=O)(=O)c1ccccc1F)NCc1nccnc1-c1ccsc1. The standard InChI is InChI=1S/C18H17FN4O3S2/c19-14-3-1-2-4-16(14)28(25,26)23-7-5-17(24)22-11-15-18(21-9-8-20-15)13-6-10-27-12-13/h1-4,6,8-10,12,23H,5,7,11H2,(H,22,24). The van der Waals surface area contributed by atoms with Crippen molar-refractivity contribution in [2.45, 2.75) is 17.9 Å². The average molecular weight is 420 g/mol. The number of thiophene rings is 1. The van der Waals surface area contributed by atoms with Crippen LogP contribution in [-0.2, 0) is 21.4 Å². The fourth-order valence-corrected chi connectivity index (χ4v) is 4.20. The Morgan fingerprint density at radius 2 is 1.93 bits per heavy atom. The number of benzene rings is 1. The molecule has 146 valence electrons. The van der Waals surface area contributed by atoms with Gasteiger partial charge in [-0.2, -0.15) is 11.3 Å². The third-order valence-electron chi connectivity index (χ3n) is 3.79. The number of aromatic nitrogens is 2. The number of nitrogens with zero attached hydrogens (tertiary/aromatic N) is 2. The van der Waals surface area contributed by atoms with E-state index in [1.165, 1.54) is 23.5 Å². The van der Waals surface area contributed by atoms with E-state index in [1.807, 2.05) is 16.8 Å². The minimum atomic E-state index is -4.02. The maximum absolute atomic E-state index is 13.6. The molecule has 0 spiro atoms. The molecular formula is C18H17FN4O3S2. The van der Waals surface area contributed by atoms with E-state index in [0.717, 1.165) is 17.7 Å². The Morgan fingerprint density at radius 1 is 1.14 bits per heavy atom. The Hall–Kier alpha value is -2.69. The predicted octanol–water partition coefficient (Wildman–Crippen LogP) is 2.33. The minimum absolute atomic E-state index is 0.0955. The van der Waals surface area contributed by atoms with Crippen LogP contribution >= 0.6 is 11.3 Å². The Labute approximate surface area is 165 Å². The van der Waals surface area contributed by atoms with E-state index in [0.29, 0.717) is 11.4 Å². The quantitative estimate of drug-likeness (QED) is 0.582. The highest BCUT2D eigenvalue weighted by Crippen LogP contribution is 2.22. The maximum Gasteiger partial charge on any atom is 0.243 e. The molecule has 7 nitrogen and oxygen atoms in total. The largest absolute Gasteiger partial charge is 0.350 e. The molecule has 0 saturated carbocycles. The first kappa shape index (κ1) is 20.1. The zero-order valence-electron chi connectivity index (χ0n) is 14.6. The highest BCUT2D eigenvalue weighted by Gasteiger charge is 2.18. The lowest BCUT2D eigenvalue weighted by molar-refractivity contribution is -0.121. The van der Waals surface area contributed by atoms with Crippen molar-refractivity contribution >= 4 is 27.3 Å². The molecule has 2 heterocycles. The van der Waals surface area contributed by atoms with Crippen molar-refractivity contribution in [2.24, 2.45) is 0 Å². The van der Waals surface area contributed by atoms with Crippen LogP contribution in [0.3, 0.4) is 0 Å². The van der Waals surface area contributed by atoms with Crippen LogP contribution in [0.2, 0.25) is 0 Å². The van der Waals surface area contributed by atoms with E-state index in [4.69, 9.17) is 0 Å². The van der Waals surface area contributed by atoms with Crippen LogP contribution in [0.1, 0.15) is 12.1 Å². The smallest absolute Gasteiger partial charge is 0.243 e. The molecule has 0 aliphatic rings. The van der Waals surface area contributed by atoms with Gasteiger partial charge in [0, 0.05) is 36.3 Å². The monoisotopic (exact) mass is 420 g/mol. The molecule has 0 radical (unpaired) electrons. The molecule has 3 rings (SSSR count). The Morgan fingerprint density at radius 3 is 2.68 bits per heavy atom. The summed E-state index contributed by atoms with van der Waals surface area (Å²) >= 11 is 1.53. The van der Waals surface area contributed by atoms with Gasteiger partial charge in [-0.1, -0.05) is 12.1 Å². The maximum atomic E-state index is 13.6. The molecule has 0 aliphatic carbocycles. The van der Waals surface area contributed by atoms with Gasteiger partial charge in [-0.15, -0.1) is 0 Å². The summed E-state index contributed by atoms with van der Waals surface area (Å²) in [6, 6.07) is 6.97. The van der Waals surface area contributed by atoms with Crippen LogP contribution < -0.4 is 10.0 Å². The van der Waals surface area contributed by atoms with Gasteiger partial charge >= 0.3 is 0 Å². The van der Waals surface area contributed by atoms with Gasteiger partial charge in [0.05, 0.1) is 17.9 Å². The van der Waals surface area contributed by atoms with Gasteiger partial charge in [0.15, 0.2) is 0 Å². The van der Waals surface area contributed by atoms with Gasteiger partial charge in [-0.05, 0) is 23.6 Å². The van der Waals surface area contributed by atoms with Crippen LogP contribution in [0.5, 0.6) is 0 Å². The summed E-state index contributed by atoms with van der Waals surface area (Å²) in [5.41, 5.74) is 2.21. The number of carbonyl (C=O) groups excluding carboxylic acids is 1. The lowest BCUT2D eigenvalue weighted by atomic mass is 10.2. The van der Waals surface area contributed by atoms with E-state index < -0.39 is 20.7 Å². The summed E-state index contributed by atoms with van der Waals surface area (Å²) in [4.78, 5) is 20.1. The highest BCUT2D eigenvalue weighted by atomic mass is 32.2. The molecule has 0 saturated heterocycles. The third-order valence-corrected chi connectivity index (χ3v) is 5.97. The van der Waals surface area contributed by atoms with Crippen LogP contribution in [-0.4, -0.2) is 30.8 Å². The lowest BCUT2D eigenvalue weighted by Crippen LogP contribution is -2.31. The zero-order chi connectivity index (χ0) is 20.0. The molecule has 1 aromatic carbocycles. The lowest BCUT2D eigenvalue weighted by Gasteiger charge is -2.09. The molecule has 0 bridgehead atoms. The van der Waals surface area contributed by atoms with E-state index >= 15 is 0 Å². The minimum Gasteiger partial charge on any atom is -0.350 e. The second kappa shape index (κ2) is 9.00. The summed E-state index contributed by atoms with van der Waals surface area (Å²) in [5.74, 6) is -1.21. The molecule has 0 unspecified atom stereocenters. The third kappa shape index (κ3) is 4.97. The fraction of sp³-hybridized carbons (Fsp3) is 0.167. The van der Waals surface area contributed by atoms with Crippen molar-refractivity contribution in [2.75, 3.05) is 6.54 Å². The van der Waals surface area contributed by atoms with Crippen molar-refractivity contribution < 1.29 is 17.6 Å². The molecule has 2 N–H and O–H groups in total. The predicted molar refractivity (Wildman–Crippen MR) is 103 cm³/mol.